The van der Waals surface area contributed by atoms with Crippen molar-refractivity contribution in [3.05, 3.63) is 0 Å². The van der Waals surface area contributed by atoms with Crippen LogP contribution in [0.25, 0.3) is 0 Å². The number of hydrogen-bond acceptors (Lipinski definition) is 14. The average Bonchev–Trinajstić information content (AvgIpc) is 2.62. The zero-order valence-corrected chi connectivity index (χ0v) is 16.5. The number of carboxylic acids is 2. The Labute approximate surface area is 186 Å². The summed E-state index contributed by atoms with van der Waals surface area (Å²) in [7, 11) is 0. The van der Waals surface area contributed by atoms with Gasteiger partial charge < -0.3 is 70.9 Å². The molecule has 0 aliphatic carbocycles. The second kappa shape index (κ2) is 17.6. The van der Waals surface area contributed by atoms with Gasteiger partial charge in [-0.3, -0.25) is 4.70 Å². The van der Waals surface area contributed by atoms with Crippen molar-refractivity contribution in [2.45, 2.75) is 48.8 Å². The summed E-state index contributed by atoms with van der Waals surface area (Å²) in [5.74, 6) is -3.95. The number of aliphatic hydroxyl groups is 10. The minimum atomic E-state index is -2.31. The Morgan fingerprint density at radius 2 is 0.821 bits per heavy atom. The minimum absolute atomic E-state index is 0. The first-order chi connectivity index (χ1) is 11.8. The third-order valence-corrected chi connectivity index (χ3v) is 2.99. The van der Waals surface area contributed by atoms with Crippen molar-refractivity contribution < 1.29 is 75.6 Å². The maximum atomic E-state index is 9.98. The molecule has 164 valence electrons. The minimum Gasteiger partial charge on any atom is -0.547 e. The van der Waals surface area contributed by atoms with Gasteiger partial charge in [0.15, 0.2) is 0 Å². The summed E-state index contributed by atoms with van der Waals surface area (Å²) >= 11 is 0. The van der Waals surface area contributed by atoms with Crippen LogP contribution in [-0.4, -0.2) is 163 Å². The van der Waals surface area contributed by atoms with Gasteiger partial charge in [0.1, 0.15) is 48.8 Å². The molecule has 0 heterocycles. The Bertz CT molecular complexity index is 391. The van der Waals surface area contributed by atoms with Gasteiger partial charge in [0, 0.05) is 0 Å². The molecular weight excluding hydrogens is 427 g/mol. The standard InChI is InChI=1S/2C6H12O7.Ca.FH/c2*7-1-2(8)3(9)4(10)5(11)6(12)13;;/h2*2-5,7-11H,1H2,(H,12,13);;1H/q;;+2;/p-2/t2*2-,3-,4+,5-;;/m11../s1. The van der Waals surface area contributed by atoms with Gasteiger partial charge in [-0.15, -0.1) is 0 Å². The van der Waals surface area contributed by atoms with Gasteiger partial charge in [-0.25, -0.2) is 0 Å². The van der Waals surface area contributed by atoms with E-state index in [0.29, 0.717) is 0 Å². The Hall–Kier alpha value is -0.270. The van der Waals surface area contributed by atoms with Crippen LogP contribution in [0.2, 0.25) is 0 Å². The molecule has 0 aromatic rings. The summed E-state index contributed by atoms with van der Waals surface area (Å²) < 4.78 is 0. The van der Waals surface area contributed by atoms with E-state index >= 15 is 0 Å². The molecule has 0 fully saturated rings. The van der Waals surface area contributed by atoms with Crippen molar-refractivity contribution >= 4 is 49.7 Å². The smallest absolute Gasteiger partial charge is 0.547 e. The molecule has 0 saturated heterocycles. The number of halogens is 1. The van der Waals surface area contributed by atoms with Gasteiger partial charge in [0.2, 0.25) is 0 Å². The summed E-state index contributed by atoms with van der Waals surface area (Å²) in [6, 6.07) is 0. The summed E-state index contributed by atoms with van der Waals surface area (Å²) in [5, 5.41) is 107. The predicted molar refractivity (Wildman–Crippen MR) is 80.5 cm³/mol. The van der Waals surface area contributed by atoms with Gasteiger partial charge in [-0.1, -0.05) is 0 Å². The fraction of sp³-hybridized carbons (Fsp3) is 0.833. The number of carbonyl (C=O) groups is 2. The molecule has 0 saturated carbocycles. The van der Waals surface area contributed by atoms with Crippen LogP contribution in [0.1, 0.15) is 0 Å². The molecule has 0 aromatic carbocycles. The van der Waals surface area contributed by atoms with Gasteiger partial charge in [0.25, 0.3) is 0 Å². The van der Waals surface area contributed by atoms with Gasteiger partial charge in [0.05, 0.1) is 25.2 Å². The summed E-state index contributed by atoms with van der Waals surface area (Å²) in [5.41, 5.74) is 0. The Morgan fingerprint density at radius 1 is 0.607 bits per heavy atom. The first kappa shape index (κ1) is 35.2. The Morgan fingerprint density at radius 3 is 0.964 bits per heavy atom. The SMILES string of the molecule is F.O=C([O-])[C@H](O)[C@@H](O)[C@H](O)[C@H](O)CO.O=C([O-])[C@H](O)[C@@H](O)[C@H](O)[C@H](O)CO.[Ca+2]. The number of rotatable bonds is 10. The first-order valence-electron chi connectivity index (χ1n) is 6.91. The Balaban J connectivity index is -0.000000192. The van der Waals surface area contributed by atoms with Crippen LogP contribution in [0.4, 0.5) is 4.70 Å². The van der Waals surface area contributed by atoms with Crippen molar-refractivity contribution in [2.75, 3.05) is 13.2 Å². The summed E-state index contributed by atoms with van der Waals surface area (Å²) in [6.07, 6.45) is -16.2. The first-order valence-corrected chi connectivity index (χ1v) is 6.91. The van der Waals surface area contributed by atoms with Crippen LogP contribution in [0.15, 0.2) is 0 Å². The van der Waals surface area contributed by atoms with Crippen molar-refractivity contribution in [3.63, 3.8) is 0 Å². The fourth-order valence-corrected chi connectivity index (χ4v) is 1.32. The van der Waals surface area contributed by atoms with Crippen molar-refractivity contribution in [1.82, 2.24) is 0 Å². The largest absolute Gasteiger partial charge is 2.00 e. The number of aliphatic carboxylic acids is 2. The third-order valence-electron chi connectivity index (χ3n) is 2.99. The van der Waals surface area contributed by atoms with E-state index in [-0.39, 0.29) is 42.4 Å². The maximum Gasteiger partial charge on any atom is 2.00 e. The van der Waals surface area contributed by atoms with Crippen LogP contribution in [0.3, 0.4) is 0 Å². The average molecular weight is 450 g/mol. The third kappa shape index (κ3) is 12.3. The number of hydrogen-bond donors (Lipinski definition) is 10. The molecule has 10 N–H and O–H groups in total. The Kier molecular flexibility index (Phi) is 22.1. The second-order valence-electron chi connectivity index (χ2n) is 4.99. The van der Waals surface area contributed by atoms with E-state index in [4.69, 9.17) is 51.1 Å². The number of aliphatic hydroxyl groups excluding tert-OH is 10. The molecule has 0 bridgehead atoms. The van der Waals surface area contributed by atoms with Crippen LogP contribution in [-0.2, 0) is 9.59 Å². The van der Waals surface area contributed by atoms with Crippen molar-refractivity contribution in [2.24, 2.45) is 0 Å². The molecule has 0 aliphatic rings. The predicted octanol–water partition coefficient (Wildman–Crippen LogP) is -9.88. The zero-order chi connectivity index (χ0) is 21.2. The monoisotopic (exact) mass is 450 g/mol. The molecule has 28 heavy (non-hydrogen) atoms. The second-order valence-corrected chi connectivity index (χ2v) is 4.99. The van der Waals surface area contributed by atoms with Crippen molar-refractivity contribution in [3.8, 4) is 0 Å². The van der Waals surface area contributed by atoms with Gasteiger partial charge in [-0.05, 0) is 0 Å². The summed E-state index contributed by atoms with van der Waals surface area (Å²) in [6.45, 7) is -1.73. The quantitative estimate of drug-likeness (QED) is 0.138. The molecule has 14 nitrogen and oxygen atoms in total. The molecule has 8 atom stereocenters. The normalized spacial score (nSPS) is 18.9. The molecule has 0 spiro atoms. The van der Waals surface area contributed by atoms with Gasteiger partial charge in [-0.2, -0.15) is 0 Å². The molecule has 0 rings (SSSR count). The van der Waals surface area contributed by atoms with Crippen LogP contribution < -0.4 is 10.2 Å². The number of carbonyl (C=O) groups excluding carboxylic acids is 2. The van der Waals surface area contributed by atoms with Crippen LogP contribution in [0.5, 0.6) is 0 Å². The fourth-order valence-electron chi connectivity index (χ4n) is 1.32. The molecular formula is C12H23CaFO14. The topological polar surface area (TPSA) is 283 Å². The molecule has 0 aromatic heterocycles. The van der Waals surface area contributed by atoms with E-state index in [1.807, 2.05) is 0 Å². The van der Waals surface area contributed by atoms with Crippen molar-refractivity contribution in [1.29, 1.82) is 0 Å². The van der Waals surface area contributed by atoms with E-state index in [1.165, 1.54) is 0 Å². The van der Waals surface area contributed by atoms with Gasteiger partial charge >= 0.3 is 37.7 Å². The molecule has 0 amide bonds. The zero-order valence-electron chi connectivity index (χ0n) is 14.3. The van der Waals surface area contributed by atoms with E-state index in [2.05, 4.69) is 0 Å². The van der Waals surface area contributed by atoms with Crippen LogP contribution in [0, 0.1) is 0 Å². The van der Waals surface area contributed by atoms with E-state index in [0.717, 1.165) is 0 Å². The van der Waals surface area contributed by atoms with Crippen LogP contribution >= 0.6 is 0 Å². The number of carboxylic acid groups (broad SMARTS) is 2. The molecule has 0 aliphatic heterocycles. The molecule has 16 heteroatoms. The maximum absolute atomic E-state index is 9.98. The van der Waals surface area contributed by atoms with E-state index in [9.17, 15) is 19.8 Å². The molecule has 0 radical (unpaired) electrons. The van der Waals surface area contributed by atoms with E-state index < -0.39 is 74.0 Å². The molecule has 0 unspecified atom stereocenters. The summed E-state index contributed by atoms with van der Waals surface area (Å²) in [4.78, 5) is 20.0. The van der Waals surface area contributed by atoms with E-state index in [1.54, 1.807) is 0 Å².